The normalized spacial score (nSPS) is 22.1. The maximum Gasteiger partial charge on any atom is 0.124 e. The summed E-state index contributed by atoms with van der Waals surface area (Å²) in [5.74, 6) is 0. The summed E-state index contributed by atoms with van der Waals surface area (Å²) in [5.41, 5.74) is 0.829. The van der Waals surface area contributed by atoms with Crippen LogP contribution in [0.25, 0.3) is 0 Å². The van der Waals surface area contributed by atoms with Crippen molar-refractivity contribution in [3.05, 3.63) is 16.4 Å². The molecule has 1 aromatic heterocycles. The zero-order valence-electron chi connectivity index (χ0n) is 12.3. The smallest absolute Gasteiger partial charge is 0.124 e. The molecular weight excluding hydrogens is 322 g/mol. The van der Waals surface area contributed by atoms with E-state index in [9.17, 15) is 5.11 Å². The Balaban J connectivity index is 2.10. The van der Waals surface area contributed by atoms with Gasteiger partial charge in [0.05, 0.1) is 23.0 Å². The summed E-state index contributed by atoms with van der Waals surface area (Å²) in [4.78, 5) is 2.35. The number of morpholine rings is 1. The van der Waals surface area contributed by atoms with Gasteiger partial charge in [0.15, 0.2) is 0 Å². The molecule has 2 rings (SSSR count). The lowest BCUT2D eigenvalue weighted by Gasteiger charge is -2.35. The molecule has 1 N–H and O–H groups in total. The van der Waals surface area contributed by atoms with Gasteiger partial charge < -0.3 is 9.84 Å². The van der Waals surface area contributed by atoms with Gasteiger partial charge in [-0.05, 0) is 35.3 Å². The number of nitrogens with zero attached hydrogens (tertiary/aromatic N) is 3. The predicted molar refractivity (Wildman–Crippen MR) is 81.6 cm³/mol. The van der Waals surface area contributed by atoms with E-state index in [2.05, 4.69) is 39.8 Å². The average molecular weight is 346 g/mol. The van der Waals surface area contributed by atoms with E-state index in [1.165, 1.54) is 0 Å². The number of aliphatic hydroxyl groups excluding tert-OH is 1. The van der Waals surface area contributed by atoms with Gasteiger partial charge in [0, 0.05) is 19.6 Å². The van der Waals surface area contributed by atoms with Crippen molar-refractivity contribution in [2.24, 2.45) is 0 Å². The molecule has 1 aromatic rings. The van der Waals surface area contributed by atoms with Gasteiger partial charge in [-0.15, -0.1) is 0 Å². The molecule has 0 aliphatic carbocycles. The highest BCUT2D eigenvalue weighted by Crippen LogP contribution is 2.28. The molecule has 0 amide bonds. The van der Waals surface area contributed by atoms with E-state index in [0.29, 0.717) is 6.61 Å². The fourth-order valence-corrected chi connectivity index (χ4v) is 3.20. The first-order valence-corrected chi connectivity index (χ1v) is 8.19. The molecule has 0 radical (unpaired) electrons. The minimum atomic E-state index is -0.641. The highest BCUT2D eigenvalue weighted by Gasteiger charge is 2.31. The van der Waals surface area contributed by atoms with Crippen molar-refractivity contribution in [1.29, 1.82) is 0 Å². The molecule has 5 nitrogen and oxygen atoms in total. The number of hydrogen-bond donors (Lipinski definition) is 1. The Bertz CT molecular complexity index is 423. The zero-order chi connectivity index (χ0) is 14.5. The number of rotatable bonds is 6. The highest BCUT2D eigenvalue weighted by molar-refractivity contribution is 9.10. The van der Waals surface area contributed by atoms with Crippen LogP contribution in [0.3, 0.4) is 0 Å². The average Bonchev–Trinajstić information content (AvgIpc) is 2.80. The molecule has 0 aromatic carbocycles. The van der Waals surface area contributed by atoms with Crippen LogP contribution in [0.4, 0.5) is 0 Å². The van der Waals surface area contributed by atoms with E-state index in [-0.39, 0.29) is 6.10 Å². The van der Waals surface area contributed by atoms with Crippen LogP contribution in [-0.2, 0) is 11.3 Å². The summed E-state index contributed by atoms with van der Waals surface area (Å²) in [6.45, 7) is 8.55. The van der Waals surface area contributed by atoms with Crippen molar-refractivity contribution in [2.75, 3.05) is 26.2 Å². The van der Waals surface area contributed by atoms with E-state index in [1.807, 2.05) is 4.68 Å². The second-order valence-electron chi connectivity index (χ2n) is 5.26. The third kappa shape index (κ3) is 3.61. The summed E-state index contributed by atoms with van der Waals surface area (Å²) in [6.07, 6.45) is 3.04. The Hall–Kier alpha value is -0.430. The summed E-state index contributed by atoms with van der Waals surface area (Å²) < 4.78 is 8.50. The maximum absolute atomic E-state index is 10.7. The molecule has 1 fully saturated rings. The van der Waals surface area contributed by atoms with Crippen molar-refractivity contribution in [3.8, 4) is 0 Å². The molecule has 114 valence electrons. The Morgan fingerprint density at radius 1 is 1.45 bits per heavy atom. The first kappa shape index (κ1) is 15.9. The van der Waals surface area contributed by atoms with Crippen LogP contribution >= 0.6 is 15.9 Å². The van der Waals surface area contributed by atoms with Gasteiger partial charge in [-0.2, -0.15) is 5.10 Å². The molecule has 1 aliphatic heterocycles. The van der Waals surface area contributed by atoms with Crippen LogP contribution in [-0.4, -0.2) is 52.1 Å². The van der Waals surface area contributed by atoms with Crippen molar-refractivity contribution in [2.45, 2.75) is 45.4 Å². The minimum Gasteiger partial charge on any atom is -0.384 e. The molecule has 1 saturated heterocycles. The van der Waals surface area contributed by atoms with Gasteiger partial charge in [0.1, 0.15) is 12.2 Å². The molecule has 0 saturated carbocycles. The minimum absolute atomic E-state index is 0.182. The maximum atomic E-state index is 10.7. The van der Waals surface area contributed by atoms with Gasteiger partial charge >= 0.3 is 0 Å². The lowest BCUT2D eigenvalue weighted by atomic mass is 10.1. The highest BCUT2D eigenvalue weighted by atomic mass is 79.9. The predicted octanol–water partition coefficient (Wildman–Crippen LogP) is 2.20. The Labute approximate surface area is 129 Å². The molecule has 2 unspecified atom stereocenters. The van der Waals surface area contributed by atoms with Crippen molar-refractivity contribution in [3.63, 3.8) is 0 Å². The monoisotopic (exact) mass is 345 g/mol. The van der Waals surface area contributed by atoms with E-state index in [0.717, 1.165) is 49.2 Å². The second kappa shape index (κ2) is 7.54. The van der Waals surface area contributed by atoms with Gasteiger partial charge in [-0.25, -0.2) is 0 Å². The van der Waals surface area contributed by atoms with Crippen LogP contribution in [0.5, 0.6) is 0 Å². The molecule has 2 heterocycles. The van der Waals surface area contributed by atoms with Crippen LogP contribution in [0.15, 0.2) is 10.7 Å². The fraction of sp³-hybridized carbons (Fsp3) is 0.786. The van der Waals surface area contributed by atoms with E-state index in [4.69, 9.17) is 4.74 Å². The third-order valence-corrected chi connectivity index (χ3v) is 4.23. The first-order chi connectivity index (χ1) is 9.67. The van der Waals surface area contributed by atoms with E-state index >= 15 is 0 Å². The fourth-order valence-electron chi connectivity index (χ4n) is 2.67. The van der Waals surface area contributed by atoms with E-state index in [1.54, 1.807) is 6.20 Å². The number of aryl methyl sites for hydroxylation is 1. The Kier molecular flexibility index (Phi) is 6.01. The van der Waals surface area contributed by atoms with Gasteiger partial charge in [-0.3, -0.25) is 9.58 Å². The lowest BCUT2D eigenvalue weighted by Crippen LogP contribution is -2.45. The van der Waals surface area contributed by atoms with Gasteiger partial charge in [-0.1, -0.05) is 13.8 Å². The molecule has 1 aliphatic rings. The lowest BCUT2D eigenvalue weighted by molar-refractivity contribution is -0.0923. The van der Waals surface area contributed by atoms with Gasteiger partial charge in [0.25, 0.3) is 0 Å². The van der Waals surface area contributed by atoms with Gasteiger partial charge in [0.2, 0.25) is 0 Å². The quantitative estimate of drug-likeness (QED) is 0.858. The summed E-state index contributed by atoms with van der Waals surface area (Å²) in [5, 5.41) is 15.0. The molecular formula is C14H24BrN3O2. The summed E-state index contributed by atoms with van der Waals surface area (Å²) >= 11 is 3.49. The van der Waals surface area contributed by atoms with Crippen LogP contribution in [0, 0.1) is 0 Å². The Morgan fingerprint density at radius 2 is 2.20 bits per heavy atom. The molecule has 6 heteroatoms. The number of aromatic nitrogens is 2. The molecule has 0 spiro atoms. The van der Waals surface area contributed by atoms with Crippen LogP contribution in [0.1, 0.15) is 38.5 Å². The van der Waals surface area contributed by atoms with Crippen LogP contribution < -0.4 is 0 Å². The number of halogens is 1. The molecule has 20 heavy (non-hydrogen) atoms. The number of aliphatic hydroxyl groups is 1. The van der Waals surface area contributed by atoms with E-state index < -0.39 is 6.10 Å². The topological polar surface area (TPSA) is 50.5 Å². The summed E-state index contributed by atoms with van der Waals surface area (Å²) in [7, 11) is 0. The largest absolute Gasteiger partial charge is 0.384 e. The SMILES string of the molecule is CCCN1CCOC(C(O)c2c(Br)cnn2CCC)C1. The third-order valence-electron chi connectivity index (χ3n) is 3.62. The standard InChI is InChI=1S/C14H24BrN3O2/c1-3-5-17-7-8-20-12(10-17)14(19)13-11(15)9-16-18(13)6-4-2/h9,12,14,19H,3-8,10H2,1-2H3. The second-order valence-corrected chi connectivity index (χ2v) is 6.11. The number of ether oxygens (including phenoxy) is 1. The van der Waals surface area contributed by atoms with Crippen molar-refractivity contribution >= 4 is 15.9 Å². The van der Waals surface area contributed by atoms with Crippen LogP contribution in [0.2, 0.25) is 0 Å². The Morgan fingerprint density at radius 3 is 2.90 bits per heavy atom. The molecule has 0 bridgehead atoms. The first-order valence-electron chi connectivity index (χ1n) is 7.40. The van der Waals surface area contributed by atoms with Crippen molar-refractivity contribution in [1.82, 2.24) is 14.7 Å². The number of hydrogen-bond acceptors (Lipinski definition) is 4. The van der Waals surface area contributed by atoms with Crippen molar-refractivity contribution < 1.29 is 9.84 Å². The molecule has 2 atom stereocenters. The zero-order valence-corrected chi connectivity index (χ0v) is 13.8. The summed E-state index contributed by atoms with van der Waals surface area (Å²) in [6, 6.07) is 0.